The Balaban J connectivity index is 2.11. The van der Waals surface area contributed by atoms with Crippen molar-refractivity contribution in [2.24, 2.45) is 5.92 Å². The zero-order valence-corrected chi connectivity index (χ0v) is 9.53. The van der Waals surface area contributed by atoms with Crippen LogP contribution in [0.2, 0.25) is 0 Å². The summed E-state index contributed by atoms with van der Waals surface area (Å²) in [5.74, 6) is 0.723. The van der Waals surface area contributed by atoms with Crippen molar-refractivity contribution >= 4 is 5.69 Å². The monoisotopic (exact) mass is 205 g/mol. The van der Waals surface area contributed by atoms with Gasteiger partial charge in [-0.25, -0.2) is 0 Å². The van der Waals surface area contributed by atoms with Crippen LogP contribution in [0.1, 0.15) is 25.1 Å². The third-order valence-corrected chi connectivity index (χ3v) is 2.76. The molecular weight excluding hydrogens is 186 g/mol. The minimum atomic E-state index is 0.723. The molecule has 2 heterocycles. The van der Waals surface area contributed by atoms with Gasteiger partial charge >= 0.3 is 0 Å². The summed E-state index contributed by atoms with van der Waals surface area (Å²) >= 11 is 0. The summed E-state index contributed by atoms with van der Waals surface area (Å²) in [6, 6.07) is 2.06. The van der Waals surface area contributed by atoms with Crippen LogP contribution in [0, 0.1) is 5.92 Å². The number of pyridine rings is 1. The smallest absolute Gasteiger partial charge is 0.0504 e. The Hall–Kier alpha value is -1.09. The number of fused-ring (bicyclic) bond motifs is 1. The van der Waals surface area contributed by atoms with Gasteiger partial charge in [0.1, 0.15) is 0 Å². The summed E-state index contributed by atoms with van der Waals surface area (Å²) in [5.41, 5.74) is 9.06. The summed E-state index contributed by atoms with van der Waals surface area (Å²) in [5, 5.41) is 0. The van der Waals surface area contributed by atoms with Crippen molar-refractivity contribution in [3.8, 4) is 0 Å². The van der Waals surface area contributed by atoms with E-state index in [0.29, 0.717) is 0 Å². The fraction of sp³-hybridized carbons (Fsp3) is 0.583. The number of aromatic nitrogens is 1. The average molecular weight is 205 g/mol. The molecule has 3 heteroatoms. The molecule has 2 rings (SSSR count). The zero-order valence-electron chi connectivity index (χ0n) is 9.53. The van der Waals surface area contributed by atoms with Crippen LogP contribution in [0.3, 0.4) is 0 Å². The van der Waals surface area contributed by atoms with Gasteiger partial charge in [-0.2, -0.15) is 0 Å². The van der Waals surface area contributed by atoms with E-state index in [1.54, 1.807) is 6.20 Å². The lowest BCUT2D eigenvalue weighted by atomic mass is 10.0. The Labute approximate surface area is 91.3 Å². The molecule has 1 aliphatic heterocycles. The van der Waals surface area contributed by atoms with E-state index < -0.39 is 0 Å². The highest BCUT2D eigenvalue weighted by molar-refractivity contribution is 5.40. The molecular formula is C12H19N3. The molecule has 1 aromatic heterocycles. The molecule has 0 fully saturated rings. The van der Waals surface area contributed by atoms with Gasteiger partial charge in [0, 0.05) is 31.7 Å². The maximum absolute atomic E-state index is 5.75. The Morgan fingerprint density at radius 3 is 3.07 bits per heavy atom. The van der Waals surface area contributed by atoms with Gasteiger partial charge in [0.05, 0.1) is 11.9 Å². The van der Waals surface area contributed by atoms with Crippen molar-refractivity contribution in [3.05, 3.63) is 23.5 Å². The second-order valence-corrected chi connectivity index (χ2v) is 4.75. The van der Waals surface area contributed by atoms with Crippen molar-refractivity contribution in [3.63, 3.8) is 0 Å². The lowest BCUT2D eigenvalue weighted by Gasteiger charge is -2.29. The van der Waals surface area contributed by atoms with Crippen LogP contribution in [0.4, 0.5) is 5.69 Å². The Bertz CT molecular complexity index is 347. The van der Waals surface area contributed by atoms with E-state index in [1.165, 1.54) is 11.3 Å². The van der Waals surface area contributed by atoms with Crippen molar-refractivity contribution < 1.29 is 0 Å². The number of hydrogen-bond acceptors (Lipinski definition) is 3. The van der Waals surface area contributed by atoms with Crippen LogP contribution < -0.4 is 5.73 Å². The first-order valence-corrected chi connectivity index (χ1v) is 5.61. The number of anilines is 1. The molecule has 0 aliphatic carbocycles. The normalized spacial score (nSPS) is 16.7. The van der Waals surface area contributed by atoms with Crippen LogP contribution in [-0.4, -0.2) is 23.0 Å². The van der Waals surface area contributed by atoms with Crippen molar-refractivity contribution in [2.45, 2.75) is 26.8 Å². The largest absolute Gasteiger partial charge is 0.397 e. The number of nitrogens with two attached hydrogens (primary N) is 1. The molecule has 0 amide bonds. The van der Waals surface area contributed by atoms with E-state index in [2.05, 4.69) is 29.8 Å². The summed E-state index contributed by atoms with van der Waals surface area (Å²) < 4.78 is 0. The van der Waals surface area contributed by atoms with E-state index >= 15 is 0 Å². The van der Waals surface area contributed by atoms with E-state index in [4.69, 9.17) is 5.73 Å². The topological polar surface area (TPSA) is 42.2 Å². The molecule has 0 spiro atoms. The Morgan fingerprint density at radius 1 is 1.53 bits per heavy atom. The molecule has 0 aromatic carbocycles. The van der Waals surface area contributed by atoms with Gasteiger partial charge in [-0.15, -0.1) is 0 Å². The average Bonchev–Trinajstić information content (AvgIpc) is 2.16. The molecule has 0 atom stereocenters. The molecule has 0 saturated heterocycles. The molecule has 2 N–H and O–H groups in total. The predicted molar refractivity (Wildman–Crippen MR) is 62.5 cm³/mol. The van der Waals surface area contributed by atoms with Crippen molar-refractivity contribution in [1.29, 1.82) is 0 Å². The van der Waals surface area contributed by atoms with Gasteiger partial charge in [-0.3, -0.25) is 9.88 Å². The molecule has 1 aromatic rings. The minimum absolute atomic E-state index is 0.723. The van der Waals surface area contributed by atoms with Crippen LogP contribution in [0.25, 0.3) is 0 Å². The highest BCUT2D eigenvalue weighted by Gasteiger charge is 2.17. The predicted octanol–water partition coefficient (Wildman–Crippen LogP) is 1.68. The lowest BCUT2D eigenvalue weighted by Crippen LogP contribution is -2.33. The van der Waals surface area contributed by atoms with Crippen molar-refractivity contribution in [1.82, 2.24) is 9.88 Å². The SMILES string of the molecule is CC(C)CN1CCc2ncc(N)cc2C1. The van der Waals surface area contributed by atoms with E-state index in [9.17, 15) is 0 Å². The molecule has 3 nitrogen and oxygen atoms in total. The van der Waals surface area contributed by atoms with Gasteiger partial charge in [-0.05, 0) is 17.5 Å². The summed E-state index contributed by atoms with van der Waals surface area (Å²) in [6.07, 6.45) is 2.82. The molecule has 82 valence electrons. The fourth-order valence-electron chi connectivity index (χ4n) is 2.18. The Kier molecular flexibility index (Phi) is 2.91. The fourth-order valence-corrected chi connectivity index (χ4v) is 2.18. The molecule has 0 saturated carbocycles. The third-order valence-electron chi connectivity index (χ3n) is 2.76. The first-order valence-electron chi connectivity index (χ1n) is 5.61. The van der Waals surface area contributed by atoms with Crippen LogP contribution in [0.15, 0.2) is 12.3 Å². The quantitative estimate of drug-likeness (QED) is 0.798. The van der Waals surface area contributed by atoms with Gasteiger partial charge < -0.3 is 5.73 Å². The van der Waals surface area contributed by atoms with Gasteiger partial charge in [0.2, 0.25) is 0 Å². The maximum Gasteiger partial charge on any atom is 0.0504 e. The molecule has 0 bridgehead atoms. The maximum atomic E-state index is 5.75. The highest BCUT2D eigenvalue weighted by Crippen LogP contribution is 2.19. The third kappa shape index (κ3) is 2.48. The second-order valence-electron chi connectivity index (χ2n) is 4.75. The molecule has 0 radical (unpaired) electrons. The summed E-state index contributed by atoms with van der Waals surface area (Å²) in [7, 11) is 0. The lowest BCUT2D eigenvalue weighted by molar-refractivity contribution is 0.225. The number of nitrogens with zero attached hydrogens (tertiary/aromatic N) is 2. The minimum Gasteiger partial charge on any atom is -0.397 e. The number of hydrogen-bond donors (Lipinski definition) is 1. The van der Waals surface area contributed by atoms with E-state index in [-0.39, 0.29) is 0 Å². The highest BCUT2D eigenvalue weighted by atomic mass is 15.1. The van der Waals surface area contributed by atoms with E-state index in [0.717, 1.165) is 37.7 Å². The molecule has 0 unspecified atom stereocenters. The standard InChI is InChI=1S/C12H19N3/c1-9(2)7-15-4-3-12-10(8-15)5-11(13)6-14-12/h5-6,9H,3-4,7-8,13H2,1-2H3. The first-order chi connectivity index (χ1) is 7.15. The van der Waals surface area contributed by atoms with Gasteiger partial charge in [0.15, 0.2) is 0 Å². The van der Waals surface area contributed by atoms with Crippen LogP contribution in [-0.2, 0) is 13.0 Å². The van der Waals surface area contributed by atoms with E-state index in [1.807, 2.05) is 0 Å². The van der Waals surface area contributed by atoms with Gasteiger partial charge in [-0.1, -0.05) is 13.8 Å². The molecule has 1 aliphatic rings. The summed E-state index contributed by atoms with van der Waals surface area (Å²) in [6.45, 7) is 7.81. The van der Waals surface area contributed by atoms with Crippen LogP contribution in [0.5, 0.6) is 0 Å². The first kappa shape index (κ1) is 10.4. The van der Waals surface area contributed by atoms with Gasteiger partial charge in [0.25, 0.3) is 0 Å². The molecule has 15 heavy (non-hydrogen) atoms. The van der Waals surface area contributed by atoms with Crippen LogP contribution >= 0.6 is 0 Å². The van der Waals surface area contributed by atoms with Crippen molar-refractivity contribution in [2.75, 3.05) is 18.8 Å². The number of rotatable bonds is 2. The zero-order chi connectivity index (χ0) is 10.8. The second kappa shape index (κ2) is 4.19. The summed E-state index contributed by atoms with van der Waals surface area (Å²) in [4.78, 5) is 6.86. The number of nitrogen functional groups attached to an aromatic ring is 1. The Morgan fingerprint density at radius 2 is 2.33 bits per heavy atom.